The summed E-state index contributed by atoms with van der Waals surface area (Å²) < 4.78 is 1.81. The number of hydrogen-bond donors (Lipinski definition) is 1. The molecule has 4 nitrogen and oxygen atoms in total. The molecule has 1 heterocycles. The lowest BCUT2D eigenvalue weighted by Gasteiger charge is -2.01. The molecule has 1 N–H and O–H groups in total. The smallest absolute Gasteiger partial charge is 0.185 e. The fraction of sp³-hybridized carbons (Fsp3) is 0.750. The number of thioether (sulfide) groups is 1. The topological polar surface area (TPSA) is 42.7 Å². The molecule has 0 bridgehead atoms. The summed E-state index contributed by atoms with van der Waals surface area (Å²) in [4.78, 5) is 4.14. The van der Waals surface area contributed by atoms with Crippen LogP contribution in [0.15, 0.2) is 11.5 Å². The van der Waals surface area contributed by atoms with Crippen molar-refractivity contribution in [1.82, 2.24) is 20.1 Å². The molecule has 72 valence electrons. The summed E-state index contributed by atoms with van der Waals surface area (Å²) in [6.45, 7) is 1.07. The molecule has 13 heavy (non-hydrogen) atoms. The van der Waals surface area contributed by atoms with Gasteiger partial charge in [-0.1, -0.05) is 11.8 Å². The van der Waals surface area contributed by atoms with E-state index in [0.29, 0.717) is 0 Å². The van der Waals surface area contributed by atoms with Gasteiger partial charge in [0.05, 0.1) is 0 Å². The van der Waals surface area contributed by atoms with Crippen molar-refractivity contribution < 1.29 is 0 Å². The van der Waals surface area contributed by atoms with E-state index in [1.165, 1.54) is 12.8 Å². The van der Waals surface area contributed by atoms with Crippen molar-refractivity contribution in [1.29, 1.82) is 0 Å². The lowest BCUT2D eigenvalue weighted by atomic mass is 10.6. The summed E-state index contributed by atoms with van der Waals surface area (Å²) >= 11 is 1.75. The normalized spacial score (nSPS) is 16.4. The van der Waals surface area contributed by atoms with Crippen LogP contribution in [0.3, 0.4) is 0 Å². The Hall–Kier alpha value is -0.550. The van der Waals surface area contributed by atoms with Crippen LogP contribution in [0.5, 0.6) is 0 Å². The minimum Gasteiger partial charge on any atom is -0.313 e. The van der Waals surface area contributed by atoms with Crippen LogP contribution in [0.25, 0.3) is 0 Å². The Balaban J connectivity index is 1.64. The standard InChI is InChI=1S/C8H14N4S/c1-12-8(10-6-11-12)13-5-4-9-7-2-3-7/h6-7,9H,2-5H2,1H3. The molecule has 0 amide bonds. The maximum absolute atomic E-state index is 4.14. The molecule has 0 spiro atoms. The highest BCUT2D eigenvalue weighted by atomic mass is 32.2. The number of nitrogens with zero attached hydrogens (tertiary/aromatic N) is 3. The van der Waals surface area contributed by atoms with Crippen LogP contribution in [-0.4, -0.2) is 33.1 Å². The second kappa shape index (κ2) is 4.11. The molecule has 0 saturated heterocycles. The quantitative estimate of drug-likeness (QED) is 0.557. The summed E-state index contributed by atoms with van der Waals surface area (Å²) in [6.07, 6.45) is 4.31. The monoisotopic (exact) mass is 198 g/mol. The maximum Gasteiger partial charge on any atom is 0.185 e. The molecule has 0 aromatic carbocycles. The van der Waals surface area contributed by atoms with E-state index >= 15 is 0 Å². The maximum atomic E-state index is 4.14. The number of nitrogens with one attached hydrogen (secondary N) is 1. The van der Waals surface area contributed by atoms with Gasteiger partial charge in [-0.2, -0.15) is 5.10 Å². The van der Waals surface area contributed by atoms with Gasteiger partial charge in [0, 0.05) is 25.4 Å². The highest BCUT2D eigenvalue weighted by molar-refractivity contribution is 7.99. The molecule has 1 aromatic rings. The third-order valence-electron chi connectivity index (χ3n) is 2.01. The van der Waals surface area contributed by atoms with E-state index in [9.17, 15) is 0 Å². The predicted octanol–water partition coefficient (Wildman–Crippen LogP) is 0.659. The van der Waals surface area contributed by atoms with Crippen molar-refractivity contribution in [3.05, 3.63) is 6.33 Å². The molecular weight excluding hydrogens is 184 g/mol. The van der Waals surface area contributed by atoms with Crippen LogP contribution in [0.2, 0.25) is 0 Å². The van der Waals surface area contributed by atoms with E-state index in [1.54, 1.807) is 18.1 Å². The molecule has 1 aromatic heterocycles. The Morgan fingerprint density at radius 2 is 2.54 bits per heavy atom. The molecular formula is C8H14N4S. The zero-order valence-electron chi connectivity index (χ0n) is 7.73. The zero-order chi connectivity index (χ0) is 9.10. The van der Waals surface area contributed by atoms with Gasteiger partial charge in [-0.05, 0) is 12.8 Å². The average Bonchev–Trinajstić information content (AvgIpc) is 2.86. The first-order valence-electron chi connectivity index (χ1n) is 4.56. The first-order valence-corrected chi connectivity index (χ1v) is 5.55. The second-order valence-electron chi connectivity index (χ2n) is 3.24. The molecule has 1 aliphatic carbocycles. The summed E-state index contributed by atoms with van der Waals surface area (Å²) in [7, 11) is 1.92. The highest BCUT2D eigenvalue weighted by Gasteiger charge is 2.19. The molecule has 0 aliphatic heterocycles. The van der Waals surface area contributed by atoms with Crippen molar-refractivity contribution >= 4 is 11.8 Å². The Bertz CT molecular complexity index is 269. The fourth-order valence-corrected chi connectivity index (χ4v) is 1.87. The first kappa shape index (κ1) is 9.02. The van der Waals surface area contributed by atoms with Gasteiger partial charge in [-0.15, -0.1) is 0 Å². The average molecular weight is 198 g/mol. The van der Waals surface area contributed by atoms with E-state index in [-0.39, 0.29) is 0 Å². The third-order valence-corrected chi connectivity index (χ3v) is 3.05. The van der Waals surface area contributed by atoms with Gasteiger partial charge in [-0.3, -0.25) is 0 Å². The van der Waals surface area contributed by atoms with Gasteiger partial charge in [0.2, 0.25) is 0 Å². The Morgan fingerprint density at radius 1 is 1.69 bits per heavy atom. The van der Waals surface area contributed by atoms with Crippen molar-refractivity contribution in [2.45, 2.75) is 24.0 Å². The van der Waals surface area contributed by atoms with Gasteiger partial charge in [-0.25, -0.2) is 9.67 Å². The summed E-state index contributed by atoms with van der Waals surface area (Å²) in [6, 6.07) is 0.806. The molecule has 1 aliphatic rings. The summed E-state index contributed by atoms with van der Waals surface area (Å²) in [5, 5.41) is 8.47. The zero-order valence-corrected chi connectivity index (χ0v) is 8.55. The van der Waals surface area contributed by atoms with E-state index in [4.69, 9.17) is 0 Å². The van der Waals surface area contributed by atoms with E-state index in [1.807, 2.05) is 11.7 Å². The first-order chi connectivity index (χ1) is 6.36. The van der Waals surface area contributed by atoms with Crippen molar-refractivity contribution in [3.63, 3.8) is 0 Å². The minimum atomic E-state index is 0.806. The van der Waals surface area contributed by atoms with Crippen LogP contribution >= 0.6 is 11.8 Å². The highest BCUT2D eigenvalue weighted by Crippen LogP contribution is 2.19. The van der Waals surface area contributed by atoms with Crippen LogP contribution < -0.4 is 5.32 Å². The van der Waals surface area contributed by atoms with E-state index < -0.39 is 0 Å². The fourth-order valence-electron chi connectivity index (χ4n) is 1.11. The van der Waals surface area contributed by atoms with Crippen LogP contribution in [0, 0.1) is 0 Å². The largest absolute Gasteiger partial charge is 0.313 e. The van der Waals surface area contributed by atoms with Gasteiger partial charge in [0.15, 0.2) is 5.16 Å². The lowest BCUT2D eigenvalue weighted by molar-refractivity contribution is 0.682. The molecule has 1 saturated carbocycles. The Morgan fingerprint density at radius 3 is 3.15 bits per heavy atom. The van der Waals surface area contributed by atoms with E-state index in [2.05, 4.69) is 15.4 Å². The van der Waals surface area contributed by atoms with Crippen LogP contribution in [0.1, 0.15) is 12.8 Å². The lowest BCUT2D eigenvalue weighted by Crippen LogP contribution is -2.19. The number of aromatic nitrogens is 3. The van der Waals surface area contributed by atoms with Gasteiger partial charge in [0.25, 0.3) is 0 Å². The van der Waals surface area contributed by atoms with Gasteiger partial charge in [0.1, 0.15) is 6.33 Å². The van der Waals surface area contributed by atoms with Crippen molar-refractivity contribution in [3.8, 4) is 0 Å². The molecule has 1 fully saturated rings. The van der Waals surface area contributed by atoms with Crippen LogP contribution in [-0.2, 0) is 7.05 Å². The van der Waals surface area contributed by atoms with Crippen LogP contribution in [0.4, 0.5) is 0 Å². The molecule has 2 rings (SSSR count). The summed E-state index contributed by atoms with van der Waals surface area (Å²) in [5.74, 6) is 1.07. The van der Waals surface area contributed by atoms with Crippen molar-refractivity contribution in [2.24, 2.45) is 7.05 Å². The molecule has 0 atom stereocenters. The number of hydrogen-bond acceptors (Lipinski definition) is 4. The second-order valence-corrected chi connectivity index (χ2v) is 4.31. The minimum absolute atomic E-state index is 0.806. The molecule has 0 unspecified atom stereocenters. The van der Waals surface area contributed by atoms with Gasteiger partial charge < -0.3 is 5.32 Å². The van der Waals surface area contributed by atoms with Gasteiger partial charge >= 0.3 is 0 Å². The summed E-state index contributed by atoms with van der Waals surface area (Å²) in [5.41, 5.74) is 0. The van der Waals surface area contributed by atoms with Crippen molar-refractivity contribution in [2.75, 3.05) is 12.3 Å². The molecule has 5 heteroatoms. The van der Waals surface area contributed by atoms with E-state index in [0.717, 1.165) is 23.5 Å². The Kier molecular flexibility index (Phi) is 2.85. The number of aryl methyl sites for hydroxylation is 1. The predicted molar refractivity (Wildman–Crippen MR) is 52.8 cm³/mol. The molecule has 0 radical (unpaired) electrons. The SMILES string of the molecule is Cn1ncnc1SCCNC1CC1. The number of rotatable bonds is 5. The third kappa shape index (κ3) is 2.70. The Labute approximate surface area is 82.1 Å².